The standard InChI is InChI=1S/C13H19N3O3/c14-11-7-2-1-6(5-7)10(11)13(19)15-8-3-4-9(17)16-12(8)18/h6-8,10-11H,1-5,14H2,(H,15,19)(H,16,17,18). The number of amides is 3. The number of nitrogens with two attached hydrogens (primary N) is 1. The normalized spacial score (nSPS) is 41.2. The van der Waals surface area contributed by atoms with E-state index in [0.29, 0.717) is 18.3 Å². The van der Waals surface area contributed by atoms with Crippen molar-refractivity contribution in [3.8, 4) is 0 Å². The highest BCUT2D eigenvalue weighted by Crippen LogP contribution is 2.47. The Balaban J connectivity index is 1.62. The van der Waals surface area contributed by atoms with Gasteiger partial charge in [0.15, 0.2) is 0 Å². The molecule has 2 bridgehead atoms. The number of piperidine rings is 1. The minimum Gasteiger partial charge on any atom is -0.344 e. The second-order valence-electron chi connectivity index (χ2n) is 5.95. The Labute approximate surface area is 111 Å². The number of imide groups is 1. The topological polar surface area (TPSA) is 101 Å². The molecule has 3 aliphatic rings. The third kappa shape index (κ3) is 2.14. The van der Waals surface area contributed by atoms with Gasteiger partial charge in [-0.3, -0.25) is 19.7 Å². The Morgan fingerprint density at radius 3 is 2.58 bits per heavy atom. The molecule has 104 valence electrons. The molecule has 0 radical (unpaired) electrons. The van der Waals surface area contributed by atoms with Gasteiger partial charge < -0.3 is 11.1 Å². The van der Waals surface area contributed by atoms with Gasteiger partial charge in [0, 0.05) is 12.5 Å². The van der Waals surface area contributed by atoms with Crippen LogP contribution in [0.1, 0.15) is 32.1 Å². The van der Waals surface area contributed by atoms with Crippen molar-refractivity contribution in [2.45, 2.75) is 44.2 Å². The van der Waals surface area contributed by atoms with Crippen LogP contribution in [0.25, 0.3) is 0 Å². The van der Waals surface area contributed by atoms with E-state index in [4.69, 9.17) is 5.73 Å². The number of rotatable bonds is 2. The molecule has 0 aromatic rings. The van der Waals surface area contributed by atoms with Crippen LogP contribution in [-0.2, 0) is 14.4 Å². The molecule has 0 spiro atoms. The fourth-order valence-electron chi connectivity index (χ4n) is 3.82. The minimum atomic E-state index is -0.587. The van der Waals surface area contributed by atoms with Crippen LogP contribution in [0.2, 0.25) is 0 Å². The SMILES string of the molecule is NC1C2CCC(C2)C1C(=O)NC1CCC(=O)NC1=O. The van der Waals surface area contributed by atoms with E-state index < -0.39 is 11.9 Å². The van der Waals surface area contributed by atoms with Crippen LogP contribution in [-0.4, -0.2) is 29.8 Å². The van der Waals surface area contributed by atoms with E-state index in [1.54, 1.807) is 0 Å². The molecule has 0 aromatic carbocycles. The first-order chi connectivity index (χ1) is 9.06. The lowest BCUT2D eigenvalue weighted by Crippen LogP contribution is -2.55. The average molecular weight is 265 g/mol. The quantitative estimate of drug-likeness (QED) is 0.573. The van der Waals surface area contributed by atoms with Crippen LogP contribution >= 0.6 is 0 Å². The molecule has 6 heteroatoms. The van der Waals surface area contributed by atoms with Gasteiger partial charge in [0.1, 0.15) is 6.04 Å². The summed E-state index contributed by atoms with van der Waals surface area (Å²) < 4.78 is 0. The molecule has 3 fully saturated rings. The highest BCUT2D eigenvalue weighted by Gasteiger charge is 2.49. The Morgan fingerprint density at radius 1 is 1.21 bits per heavy atom. The lowest BCUT2D eigenvalue weighted by molar-refractivity contribution is -0.138. The van der Waals surface area contributed by atoms with E-state index in [1.807, 2.05) is 0 Å². The second-order valence-corrected chi connectivity index (χ2v) is 5.95. The van der Waals surface area contributed by atoms with Gasteiger partial charge in [0.2, 0.25) is 17.7 Å². The van der Waals surface area contributed by atoms with E-state index >= 15 is 0 Å². The first-order valence-corrected chi connectivity index (χ1v) is 6.96. The lowest BCUT2D eigenvalue weighted by atomic mass is 9.84. The minimum absolute atomic E-state index is 0.0768. The first kappa shape index (κ1) is 12.6. The van der Waals surface area contributed by atoms with Crippen molar-refractivity contribution in [3.05, 3.63) is 0 Å². The molecule has 0 aromatic heterocycles. The Bertz CT molecular complexity index is 435. The summed E-state index contributed by atoms with van der Waals surface area (Å²) in [5.74, 6) is -0.123. The van der Waals surface area contributed by atoms with Crippen molar-refractivity contribution in [3.63, 3.8) is 0 Å². The maximum atomic E-state index is 12.3. The molecule has 5 unspecified atom stereocenters. The monoisotopic (exact) mass is 265 g/mol. The summed E-state index contributed by atoms with van der Waals surface area (Å²) in [5, 5.41) is 5.01. The van der Waals surface area contributed by atoms with Crippen molar-refractivity contribution in [1.29, 1.82) is 0 Å². The van der Waals surface area contributed by atoms with Crippen molar-refractivity contribution < 1.29 is 14.4 Å². The van der Waals surface area contributed by atoms with Crippen LogP contribution in [0.3, 0.4) is 0 Å². The molecule has 4 N–H and O–H groups in total. The van der Waals surface area contributed by atoms with Crippen LogP contribution < -0.4 is 16.4 Å². The molecule has 1 aliphatic heterocycles. The number of carbonyl (C=O) groups excluding carboxylic acids is 3. The van der Waals surface area contributed by atoms with Crippen molar-refractivity contribution in [1.82, 2.24) is 10.6 Å². The van der Waals surface area contributed by atoms with Crippen molar-refractivity contribution in [2.75, 3.05) is 0 Å². The molecule has 1 saturated heterocycles. The number of carbonyl (C=O) groups is 3. The number of hydrogen-bond donors (Lipinski definition) is 3. The van der Waals surface area contributed by atoms with Crippen LogP contribution in [0.5, 0.6) is 0 Å². The summed E-state index contributed by atoms with van der Waals surface area (Å²) in [5.41, 5.74) is 6.11. The Morgan fingerprint density at radius 2 is 1.95 bits per heavy atom. The van der Waals surface area contributed by atoms with Gasteiger partial charge in [-0.15, -0.1) is 0 Å². The Kier molecular flexibility index (Phi) is 3.05. The molecule has 3 amide bonds. The summed E-state index contributed by atoms with van der Waals surface area (Å²) in [4.78, 5) is 35.0. The average Bonchev–Trinajstić information content (AvgIpc) is 2.93. The van der Waals surface area contributed by atoms with Gasteiger partial charge in [0.25, 0.3) is 0 Å². The maximum Gasteiger partial charge on any atom is 0.249 e. The predicted octanol–water partition coefficient (Wildman–Crippen LogP) is -0.719. The fourth-order valence-corrected chi connectivity index (χ4v) is 3.82. The molecule has 2 aliphatic carbocycles. The van der Waals surface area contributed by atoms with E-state index in [9.17, 15) is 14.4 Å². The zero-order valence-corrected chi connectivity index (χ0v) is 10.7. The molecule has 1 heterocycles. The fraction of sp³-hybridized carbons (Fsp3) is 0.769. The maximum absolute atomic E-state index is 12.3. The summed E-state index contributed by atoms with van der Waals surface area (Å²) in [7, 11) is 0. The van der Waals surface area contributed by atoms with Crippen LogP contribution in [0.4, 0.5) is 0 Å². The summed E-state index contributed by atoms with van der Waals surface area (Å²) in [6.45, 7) is 0. The predicted molar refractivity (Wildman–Crippen MR) is 66.6 cm³/mol. The van der Waals surface area contributed by atoms with Gasteiger partial charge >= 0.3 is 0 Å². The highest BCUT2D eigenvalue weighted by molar-refractivity contribution is 6.01. The summed E-state index contributed by atoms with van der Waals surface area (Å²) >= 11 is 0. The van der Waals surface area contributed by atoms with Gasteiger partial charge in [-0.2, -0.15) is 0 Å². The first-order valence-electron chi connectivity index (χ1n) is 6.96. The largest absolute Gasteiger partial charge is 0.344 e. The molecular formula is C13H19N3O3. The van der Waals surface area contributed by atoms with E-state index in [-0.39, 0.29) is 30.2 Å². The van der Waals surface area contributed by atoms with E-state index in [0.717, 1.165) is 19.3 Å². The summed E-state index contributed by atoms with van der Waals surface area (Å²) in [6, 6.07) is -0.663. The molecule has 5 atom stereocenters. The zero-order chi connectivity index (χ0) is 13.6. The van der Waals surface area contributed by atoms with Crippen LogP contribution in [0, 0.1) is 17.8 Å². The van der Waals surface area contributed by atoms with E-state index in [1.165, 1.54) is 0 Å². The number of fused-ring (bicyclic) bond motifs is 2. The van der Waals surface area contributed by atoms with Gasteiger partial charge in [-0.05, 0) is 37.5 Å². The third-order valence-corrected chi connectivity index (χ3v) is 4.84. The Hall–Kier alpha value is -1.43. The number of nitrogens with one attached hydrogen (secondary N) is 2. The zero-order valence-electron chi connectivity index (χ0n) is 10.7. The highest BCUT2D eigenvalue weighted by atomic mass is 16.2. The second kappa shape index (κ2) is 4.59. The molecule has 3 rings (SSSR count). The smallest absolute Gasteiger partial charge is 0.249 e. The summed E-state index contributed by atoms with van der Waals surface area (Å²) in [6.07, 6.45) is 3.88. The van der Waals surface area contributed by atoms with Gasteiger partial charge in [-0.1, -0.05) is 0 Å². The molecule has 6 nitrogen and oxygen atoms in total. The van der Waals surface area contributed by atoms with Crippen molar-refractivity contribution in [2.24, 2.45) is 23.5 Å². The third-order valence-electron chi connectivity index (χ3n) is 4.84. The van der Waals surface area contributed by atoms with Crippen LogP contribution in [0.15, 0.2) is 0 Å². The number of hydrogen-bond acceptors (Lipinski definition) is 4. The molecule has 19 heavy (non-hydrogen) atoms. The molecular weight excluding hydrogens is 246 g/mol. The lowest BCUT2D eigenvalue weighted by Gasteiger charge is -2.29. The van der Waals surface area contributed by atoms with E-state index in [2.05, 4.69) is 10.6 Å². The van der Waals surface area contributed by atoms with Gasteiger partial charge in [0.05, 0.1) is 5.92 Å². The van der Waals surface area contributed by atoms with Gasteiger partial charge in [-0.25, -0.2) is 0 Å². The molecule has 2 saturated carbocycles. The van der Waals surface area contributed by atoms with Crippen molar-refractivity contribution >= 4 is 17.7 Å².